The van der Waals surface area contributed by atoms with E-state index in [0.29, 0.717) is 6.04 Å². The predicted molar refractivity (Wildman–Crippen MR) is 51.6 cm³/mol. The van der Waals surface area contributed by atoms with E-state index in [-0.39, 0.29) is 12.5 Å². The fourth-order valence-electron chi connectivity index (χ4n) is 1.39. The number of rotatable bonds is 4. The number of primary amides is 1. The Kier molecular flexibility index (Phi) is 3.84. The van der Waals surface area contributed by atoms with E-state index in [0.717, 1.165) is 19.6 Å². The molecule has 6 nitrogen and oxygen atoms in total. The van der Waals surface area contributed by atoms with Gasteiger partial charge >= 0.3 is 6.03 Å². The maximum Gasteiger partial charge on any atom is 0.318 e. The number of likely N-dealkylation sites (N-methyl/N-ethyl adjacent to an activating group) is 1. The Morgan fingerprint density at radius 2 is 2.21 bits per heavy atom. The molecular formula is C8H16N4O2. The van der Waals surface area contributed by atoms with Gasteiger partial charge in [-0.2, -0.15) is 0 Å². The van der Waals surface area contributed by atoms with E-state index in [2.05, 4.69) is 5.32 Å². The molecule has 6 heteroatoms. The first kappa shape index (κ1) is 10.9. The lowest BCUT2D eigenvalue weighted by Gasteiger charge is -2.36. The van der Waals surface area contributed by atoms with Gasteiger partial charge in [0.1, 0.15) is 0 Å². The zero-order valence-corrected chi connectivity index (χ0v) is 8.25. The lowest BCUT2D eigenvalue weighted by molar-refractivity contribution is -0.121. The predicted octanol–water partition coefficient (Wildman–Crippen LogP) is -1.52. The molecule has 80 valence electrons. The third-order valence-electron chi connectivity index (χ3n) is 2.29. The summed E-state index contributed by atoms with van der Waals surface area (Å²) >= 11 is 0. The smallest absolute Gasteiger partial charge is 0.318 e. The molecule has 3 amide bonds. The molecule has 0 radical (unpaired) electrons. The Hall–Kier alpha value is -1.14. The number of nitrogens with one attached hydrogen (secondary N) is 2. The molecule has 1 aliphatic heterocycles. The second kappa shape index (κ2) is 4.92. The minimum Gasteiger partial charge on any atom is -0.351 e. The summed E-state index contributed by atoms with van der Waals surface area (Å²) in [5, 5.41) is 5.17. The largest absolute Gasteiger partial charge is 0.351 e. The van der Waals surface area contributed by atoms with Crippen LogP contribution in [0.4, 0.5) is 4.79 Å². The van der Waals surface area contributed by atoms with Crippen LogP contribution in [-0.2, 0) is 4.79 Å². The van der Waals surface area contributed by atoms with Gasteiger partial charge in [0.2, 0.25) is 5.91 Å². The molecule has 1 saturated heterocycles. The first-order valence-corrected chi connectivity index (χ1v) is 4.67. The van der Waals surface area contributed by atoms with Crippen molar-refractivity contribution in [2.75, 3.05) is 26.2 Å². The SMILES string of the molecule is CCN(CC(=O)NC(N)=O)C1CNC1. The van der Waals surface area contributed by atoms with Crippen molar-refractivity contribution >= 4 is 11.9 Å². The number of carbonyl (C=O) groups excluding carboxylic acids is 2. The van der Waals surface area contributed by atoms with Gasteiger partial charge in [-0.05, 0) is 6.54 Å². The van der Waals surface area contributed by atoms with Crippen molar-refractivity contribution in [1.29, 1.82) is 0 Å². The monoisotopic (exact) mass is 200 g/mol. The van der Waals surface area contributed by atoms with Crippen LogP contribution in [0, 0.1) is 0 Å². The molecule has 1 heterocycles. The summed E-state index contributed by atoms with van der Waals surface area (Å²) in [6.07, 6.45) is 0. The van der Waals surface area contributed by atoms with E-state index in [4.69, 9.17) is 5.73 Å². The summed E-state index contributed by atoms with van der Waals surface area (Å²) in [6, 6.07) is -0.392. The van der Waals surface area contributed by atoms with Crippen molar-refractivity contribution in [3.63, 3.8) is 0 Å². The van der Waals surface area contributed by atoms with E-state index in [1.807, 2.05) is 17.1 Å². The summed E-state index contributed by atoms with van der Waals surface area (Å²) in [5.41, 5.74) is 4.83. The van der Waals surface area contributed by atoms with Crippen LogP contribution in [0.25, 0.3) is 0 Å². The molecular weight excluding hydrogens is 184 g/mol. The first-order valence-electron chi connectivity index (χ1n) is 4.67. The number of hydrogen-bond acceptors (Lipinski definition) is 4. The molecule has 0 unspecified atom stereocenters. The zero-order chi connectivity index (χ0) is 10.6. The summed E-state index contributed by atoms with van der Waals surface area (Å²) in [6.45, 7) is 4.80. The molecule has 1 fully saturated rings. The zero-order valence-electron chi connectivity index (χ0n) is 8.25. The molecule has 0 aromatic heterocycles. The highest BCUT2D eigenvalue weighted by Crippen LogP contribution is 2.03. The van der Waals surface area contributed by atoms with Crippen LogP contribution in [0.15, 0.2) is 0 Å². The Labute approximate surface area is 82.8 Å². The van der Waals surface area contributed by atoms with Crippen molar-refractivity contribution in [2.24, 2.45) is 5.73 Å². The molecule has 14 heavy (non-hydrogen) atoms. The van der Waals surface area contributed by atoms with Gasteiger partial charge in [-0.1, -0.05) is 6.92 Å². The van der Waals surface area contributed by atoms with Crippen LogP contribution in [0.2, 0.25) is 0 Å². The summed E-state index contributed by atoms with van der Waals surface area (Å²) in [5.74, 6) is -0.341. The van der Waals surface area contributed by atoms with Crippen molar-refractivity contribution in [3.05, 3.63) is 0 Å². The number of urea groups is 1. The minimum absolute atomic E-state index is 0.228. The Bertz CT molecular complexity index is 227. The number of nitrogens with zero attached hydrogens (tertiary/aromatic N) is 1. The maximum absolute atomic E-state index is 11.2. The highest BCUT2D eigenvalue weighted by Gasteiger charge is 2.24. The molecule has 1 rings (SSSR count). The summed E-state index contributed by atoms with van der Waals surface area (Å²) < 4.78 is 0. The third-order valence-corrected chi connectivity index (χ3v) is 2.29. The Balaban J connectivity index is 2.31. The van der Waals surface area contributed by atoms with Gasteiger partial charge in [0.25, 0.3) is 0 Å². The second-order valence-corrected chi connectivity index (χ2v) is 3.29. The molecule has 0 aromatic rings. The molecule has 1 aliphatic rings. The molecule has 0 atom stereocenters. The molecule has 0 aromatic carbocycles. The van der Waals surface area contributed by atoms with Crippen LogP contribution in [0.1, 0.15) is 6.92 Å². The quantitative estimate of drug-likeness (QED) is 0.514. The Morgan fingerprint density at radius 1 is 1.57 bits per heavy atom. The van der Waals surface area contributed by atoms with E-state index in [1.165, 1.54) is 0 Å². The van der Waals surface area contributed by atoms with Crippen LogP contribution in [0.3, 0.4) is 0 Å². The number of hydrogen-bond donors (Lipinski definition) is 3. The second-order valence-electron chi connectivity index (χ2n) is 3.29. The van der Waals surface area contributed by atoms with Gasteiger partial charge in [-0.25, -0.2) is 4.79 Å². The van der Waals surface area contributed by atoms with Crippen molar-refractivity contribution in [1.82, 2.24) is 15.5 Å². The van der Waals surface area contributed by atoms with Crippen LogP contribution in [0.5, 0.6) is 0 Å². The van der Waals surface area contributed by atoms with E-state index in [1.54, 1.807) is 0 Å². The third kappa shape index (κ3) is 2.97. The molecule has 0 spiro atoms. The van der Waals surface area contributed by atoms with E-state index >= 15 is 0 Å². The topological polar surface area (TPSA) is 87.5 Å². The van der Waals surface area contributed by atoms with Crippen molar-refractivity contribution in [3.8, 4) is 0 Å². The summed E-state index contributed by atoms with van der Waals surface area (Å²) in [4.78, 5) is 23.6. The number of carbonyl (C=O) groups is 2. The van der Waals surface area contributed by atoms with Gasteiger partial charge in [0.05, 0.1) is 6.54 Å². The number of amides is 3. The standard InChI is InChI=1S/C8H16N4O2/c1-2-12(6-3-10-4-6)5-7(13)11-8(9)14/h6,10H,2-5H2,1H3,(H3,9,11,13,14). The molecule has 0 bridgehead atoms. The van der Waals surface area contributed by atoms with Gasteiger partial charge in [-0.3, -0.25) is 15.0 Å². The first-order chi connectivity index (χ1) is 6.63. The molecule has 0 aliphatic carbocycles. The summed E-state index contributed by atoms with van der Waals surface area (Å²) in [7, 11) is 0. The average molecular weight is 200 g/mol. The molecule has 4 N–H and O–H groups in total. The maximum atomic E-state index is 11.2. The number of nitrogens with two attached hydrogens (primary N) is 1. The van der Waals surface area contributed by atoms with Crippen LogP contribution < -0.4 is 16.4 Å². The van der Waals surface area contributed by atoms with Crippen LogP contribution in [-0.4, -0.2) is 49.1 Å². The lowest BCUT2D eigenvalue weighted by Crippen LogP contribution is -2.59. The van der Waals surface area contributed by atoms with Crippen molar-refractivity contribution < 1.29 is 9.59 Å². The highest BCUT2D eigenvalue weighted by molar-refractivity contribution is 5.94. The van der Waals surface area contributed by atoms with E-state index < -0.39 is 6.03 Å². The van der Waals surface area contributed by atoms with Gasteiger partial charge < -0.3 is 11.1 Å². The van der Waals surface area contributed by atoms with E-state index in [9.17, 15) is 9.59 Å². The van der Waals surface area contributed by atoms with Gasteiger partial charge in [0, 0.05) is 19.1 Å². The fourth-order valence-corrected chi connectivity index (χ4v) is 1.39. The normalized spacial score (nSPS) is 16.4. The van der Waals surface area contributed by atoms with Gasteiger partial charge in [-0.15, -0.1) is 0 Å². The lowest BCUT2D eigenvalue weighted by atomic mass is 10.1. The van der Waals surface area contributed by atoms with Gasteiger partial charge in [0.15, 0.2) is 0 Å². The minimum atomic E-state index is -0.794. The van der Waals surface area contributed by atoms with Crippen molar-refractivity contribution in [2.45, 2.75) is 13.0 Å². The Morgan fingerprint density at radius 3 is 2.57 bits per heavy atom. The fraction of sp³-hybridized carbons (Fsp3) is 0.750. The molecule has 0 saturated carbocycles. The number of imide groups is 1. The average Bonchev–Trinajstić information content (AvgIpc) is 1.98. The highest BCUT2D eigenvalue weighted by atomic mass is 16.2. The van der Waals surface area contributed by atoms with Crippen LogP contribution >= 0.6 is 0 Å².